The highest BCUT2D eigenvalue weighted by atomic mass is 32.2. The monoisotopic (exact) mass is 482 g/mol. The molecule has 0 spiro atoms. The summed E-state index contributed by atoms with van der Waals surface area (Å²) in [7, 11) is 0. The van der Waals surface area contributed by atoms with Crippen LogP contribution >= 0.6 is 37.0 Å². The summed E-state index contributed by atoms with van der Waals surface area (Å²) in [6, 6.07) is 0. The molecule has 2 heterocycles. The van der Waals surface area contributed by atoms with Gasteiger partial charge in [-0.3, -0.25) is 0 Å². The van der Waals surface area contributed by atoms with Crippen LogP contribution in [0.15, 0.2) is 0 Å². The van der Waals surface area contributed by atoms with Crippen LogP contribution in [0.3, 0.4) is 0 Å². The van der Waals surface area contributed by atoms with Gasteiger partial charge >= 0.3 is 0 Å². The van der Waals surface area contributed by atoms with Gasteiger partial charge in [0.25, 0.3) is 0 Å². The molecule has 0 aromatic heterocycles. The van der Waals surface area contributed by atoms with E-state index in [1.165, 1.54) is 11.8 Å². The molecule has 10 nitrogen and oxygen atoms in total. The largest absolute Gasteiger partial charge is 0.394 e. The smallest absolute Gasteiger partial charge is 0.132 e. The van der Waals surface area contributed by atoms with Crippen molar-refractivity contribution >= 4 is 37.0 Å². The normalized spacial score (nSPS) is 42.2. The first-order chi connectivity index (χ1) is 13.6. The minimum absolute atomic E-state index is 0.369. The fraction of sp³-hybridized carbons (Fsp3) is 1.00. The lowest BCUT2D eigenvalue weighted by atomic mass is 10.0. The average molecular weight is 483 g/mol. The van der Waals surface area contributed by atoms with Crippen LogP contribution in [0.2, 0.25) is 0 Å². The summed E-state index contributed by atoms with van der Waals surface area (Å²) in [4.78, 5) is 0. The molecule has 8 N–H and O–H groups in total. The van der Waals surface area contributed by atoms with Crippen molar-refractivity contribution < 1.29 is 50.3 Å². The van der Waals surface area contributed by atoms with E-state index >= 15 is 0 Å². The fourth-order valence-electron chi connectivity index (χ4n) is 2.45. The molecule has 2 fully saturated rings. The van der Waals surface area contributed by atoms with Gasteiger partial charge in [-0.25, -0.2) is 0 Å². The van der Waals surface area contributed by atoms with Crippen molar-refractivity contribution in [3.05, 3.63) is 0 Å². The summed E-state index contributed by atoms with van der Waals surface area (Å²) in [6.45, 7) is 3.10. The molecule has 2 saturated heterocycles. The molecular weight excluding hydrogens is 448 g/mol. The maximum absolute atomic E-state index is 9.51. The third kappa shape index (κ3) is 8.96. The number of rotatable bonds is 4. The van der Waals surface area contributed by atoms with Gasteiger partial charge in [-0.05, 0) is 11.5 Å². The van der Waals surface area contributed by atoms with Crippen LogP contribution in [0.5, 0.6) is 0 Å². The summed E-state index contributed by atoms with van der Waals surface area (Å²) in [5.41, 5.74) is -1.46. The number of aliphatic hydroxyl groups excluding tert-OH is 8. The number of hydrogen-bond acceptors (Lipinski definition) is 13. The summed E-state index contributed by atoms with van der Waals surface area (Å²) >= 11 is 8.93. The molecule has 2 aliphatic rings. The molecule has 4 unspecified atom stereocenters. The summed E-state index contributed by atoms with van der Waals surface area (Å²) in [6.07, 6.45) is -9.13. The van der Waals surface area contributed by atoms with Crippen LogP contribution in [0.4, 0.5) is 0 Å². The van der Waals surface area contributed by atoms with Gasteiger partial charge in [0.2, 0.25) is 0 Å². The van der Waals surface area contributed by atoms with E-state index in [1.54, 1.807) is 0 Å². The Hall–Kier alpha value is 0.650. The molecule has 0 aromatic rings. The molecule has 10 atom stereocenters. The van der Waals surface area contributed by atoms with Crippen LogP contribution in [0.25, 0.3) is 0 Å². The van der Waals surface area contributed by atoms with Gasteiger partial charge in [0.05, 0.1) is 13.2 Å². The van der Waals surface area contributed by atoms with Crippen molar-refractivity contribution in [2.24, 2.45) is 0 Å². The van der Waals surface area contributed by atoms with Crippen molar-refractivity contribution in [2.75, 3.05) is 24.7 Å². The zero-order chi connectivity index (χ0) is 22.7. The van der Waals surface area contributed by atoms with Crippen molar-refractivity contribution in [2.45, 2.75) is 73.6 Å². The second-order valence-electron chi connectivity index (χ2n) is 6.19. The second-order valence-corrected chi connectivity index (χ2v) is 8.71. The minimum atomic E-state index is -1.32. The molecule has 0 aromatic carbocycles. The number of hydrogen-bond donors (Lipinski definition) is 10. The van der Waals surface area contributed by atoms with Crippen molar-refractivity contribution in [3.8, 4) is 0 Å². The van der Waals surface area contributed by atoms with Crippen LogP contribution in [-0.4, -0.2) is 125 Å². The molecule has 2 rings (SSSR count). The van der Waals surface area contributed by atoms with Gasteiger partial charge in [-0.15, -0.1) is 24.4 Å². The molecule has 0 bridgehead atoms. The van der Waals surface area contributed by atoms with E-state index in [1.807, 2.05) is 13.8 Å². The zero-order valence-electron chi connectivity index (χ0n) is 16.3. The van der Waals surface area contributed by atoms with E-state index < -0.39 is 66.3 Å². The first-order valence-corrected chi connectivity index (χ1v) is 11.3. The van der Waals surface area contributed by atoms with Crippen LogP contribution in [-0.2, 0) is 9.47 Å². The minimum Gasteiger partial charge on any atom is -0.394 e. The Kier molecular flexibility index (Phi) is 15.8. The Bertz CT molecular complexity index is 416. The Balaban J connectivity index is 0.000000481. The average Bonchev–Trinajstić information content (AvgIpc) is 2.70. The fourth-order valence-corrected chi connectivity index (χ4v) is 3.69. The standard InChI is InChI=1S/C8H16O5S.C6H12O5S.C2H6S/c1-2-14-8-7(12)6(11)5(10)4(3-9)13-8;7-1-2-3(8)4(9)5(10)6(12)11-2;1-2-3/h4-12H,2-3H2,1H3;2-10,12H,1H2;3H,2H2,1H3/t4?,5-,6+,7?,8-;2?,3-,4+,5?,6-;/m11./s1. The SMILES string of the molecule is CCS.CCS[C@H]1OC(CO)[C@@H](O)[C@H](O)C1O.OCC1O[C@H](S)C(O)[C@@H](O)[C@@H]1O. The molecule has 0 saturated carbocycles. The lowest BCUT2D eigenvalue weighted by Gasteiger charge is -2.39. The summed E-state index contributed by atoms with van der Waals surface area (Å²) in [5.74, 6) is 1.67. The first kappa shape index (κ1) is 29.7. The lowest BCUT2D eigenvalue weighted by Crippen LogP contribution is -2.57. The van der Waals surface area contributed by atoms with E-state index in [0.717, 1.165) is 11.5 Å². The number of ether oxygens (including phenoxy) is 2. The topological polar surface area (TPSA) is 180 Å². The van der Waals surface area contributed by atoms with Gasteiger partial charge in [-0.2, -0.15) is 12.6 Å². The number of aliphatic hydroxyl groups is 8. The van der Waals surface area contributed by atoms with E-state index in [4.69, 9.17) is 24.8 Å². The van der Waals surface area contributed by atoms with Crippen molar-refractivity contribution in [1.29, 1.82) is 0 Å². The third-order valence-electron chi connectivity index (χ3n) is 4.05. The van der Waals surface area contributed by atoms with Gasteiger partial charge in [0, 0.05) is 0 Å². The first-order valence-electron chi connectivity index (χ1n) is 9.12. The molecule has 0 radical (unpaired) electrons. The number of thioether (sulfide) groups is 1. The van der Waals surface area contributed by atoms with Gasteiger partial charge in [0.1, 0.15) is 59.7 Å². The predicted octanol–water partition coefficient (Wildman–Crippen LogP) is -2.81. The maximum Gasteiger partial charge on any atom is 0.132 e. The Labute approximate surface area is 185 Å². The van der Waals surface area contributed by atoms with E-state index in [9.17, 15) is 25.5 Å². The zero-order valence-corrected chi connectivity index (χ0v) is 18.9. The molecular formula is C16H34O10S3. The van der Waals surface area contributed by atoms with Crippen LogP contribution < -0.4 is 0 Å². The number of thiol groups is 2. The highest BCUT2D eigenvalue weighted by molar-refractivity contribution is 7.99. The molecule has 0 aliphatic carbocycles. The lowest BCUT2D eigenvalue weighted by molar-refractivity contribution is -0.205. The van der Waals surface area contributed by atoms with Gasteiger partial charge in [-0.1, -0.05) is 13.8 Å². The highest BCUT2D eigenvalue weighted by Crippen LogP contribution is 2.28. The molecule has 2 aliphatic heterocycles. The van der Waals surface area contributed by atoms with Gasteiger partial charge < -0.3 is 50.3 Å². The molecule has 0 amide bonds. The van der Waals surface area contributed by atoms with Crippen molar-refractivity contribution in [3.63, 3.8) is 0 Å². The summed E-state index contributed by atoms with van der Waals surface area (Å²) in [5, 5.41) is 73.4. The van der Waals surface area contributed by atoms with Crippen molar-refractivity contribution in [1.82, 2.24) is 0 Å². The Morgan fingerprint density at radius 3 is 1.55 bits per heavy atom. The predicted molar refractivity (Wildman–Crippen MR) is 114 cm³/mol. The molecule has 13 heteroatoms. The Morgan fingerprint density at radius 2 is 1.14 bits per heavy atom. The summed E-state index contributed by atoms with van der Waals surface area (Å²) < 4.78 is 10.1. The van der Waals surface area contributed by atoms with Crippen LogP contribution in [0, 0.1) is 0 Å². The maximum atomic E-state index is 9.51. The molecule has 29 heavy (non-hydrogen) atoms. The van der Waals surface area contributed by atoms with Crippen LogP contribution in [0.1, 0.15) is 13.8 Å². The van der Waals surface area contributed by atoms with E-state index in [2.05, 4.69) is 25.3 Å². The highest BCUT2D eigenvalue weighted by Gasteiger charge is 2.43. The van der Waals surface area contributed by atoms with Gasteiger partial charge in [0.15, 0.2) is 0 Å². The Morgan fingerprint density at radius 1 is 0.724 bits per heavy atom. The van der Waals surface area contributed by atoms with E-state index in [0.29, 0.717) is 0 Å². The quantitative estimate of drug-likeness (QED) is 0.187. The molecule has 176 valence electrons. The third-order valence-corrected chi connectivity index (χ3v) is 5.53. The van der Waals surface area contributed by atoms with E-state index in [-0.39, 0.29) is 6.61 Å². The second kappa shape index (κ2) is 15.5.